The highest BCUT2D eigenvalue weighted by atomic mass is 19.1. The lowest BCUT2D eigenvalue weighted by Crippen LogP contribution is -2.34. The van der Waals surface area contributed by atoms with Gasteiger partial charge in [0.25, 0.3) is 0 Å². The molecule has 0 radical (unpaired) electrons. The van der Waals surface area contributed by atoms with Gasteiger partial charge in [-0.1, -0.05) is 10.3 Å². The molecule has 7 nitrogen and oxygen atoms in total. The maximum absolute atomic E-state index is 13.4. The van der Waals surface area contributed by atoms with Gasteiger partial charge in [-0.2, -0.15) is 0 Å². The van der Waals surface area contributed by atoms with E-state index in [0.29, 0.717) is 18.0 Å². The molecule has 1 aliphatic heterocycles. The van der Waals surface area contributed by atoms with Crippen molar-refractivity contribution in [1.29, 1.82) is 0 Å². The molecule has 2 heterocycles. The maximum atomic E-state index is 13.4. The third-order valence-corrected chi connectivity index (χ3v) is 6.00. The summed E-state index contributed by atoms with van der Waals surface area (Å²) in [4.78, 5) is 7.24. The molecule has 0 aliphatic carbocycles. The Kier molecular flexibility index (Phi) is 7.91. The monoisotopic (exact) mass is 455 g/mol. The molecule has 1 aliphatic rings. The molecule has 1 fully saturated rings. The molecule has 0 spiro atoms. The third kappa shape index (κ3) is 6.09. The van der Waals surface area contributed by atoms with Crippen LogP contribution in [0, 0.1) is 5.82 Å². The summed E-state index contributed by atoms with van der Waals surface area (Å²) >= 11 is 0. The standard InChI is InChI=1S/C25H30FN3O4/c1-18(27-30-2)19-4-7-22(8-5-19)32-17-31-15-3-12-29-13-10-20(11-14-29)25-23-9-6-21(26)16-24(23)28-33-25/h4-9,16,20H,3,10-15,17H2,1-2H3. The predicted octanol–water partition coefficient (Wildman–Crippen LogP) is 4.96. The molecule has 8 heteroatoms. The van der Waals surface area contributed by atoms with E-state index < -0.39 is 0 Å². The second-order valence-electron chi connectivity index (χ2n) is 8.23. The number of halogens is 1. The number of ether oxygens (including phenoxy) is 2. The molecule has 176 valence electrons. The number of aromatic nitrogens is 1. The van der Waals surface area contributed by atoms with Crippen LogP contribution in [-0.2, 0) is 9.57 Å². The Morgan fingerprint density at radius 1 is 1.18 bits per heavy atom. The first-order chi connectivity index (χ1) is 16.1. The lowest BCUT2D eigenvalue weighted by Gasteiger charge is -2.30. The molecule has 0 bridgehead atoms. The average molecular weight is 456 g/mol. The molecule has 0 N–H and O–H groups in total. The number of likely N-dealkylation sites (tertiary alicyclic amines) is 1. The van der Waals surface area contributed by atoms with E-state index in [9.17, 15) is 4.39 Å². The van der Waals surface area contributed by atoms with Crippen LogP contribution in [0.2, 0.25) is 0 Å². The molecule has 3 aromatic rings. The average Bonchev–Trinajstić information content (AvgIpc) is 3.25. The van der Waals surface area contributed by atoms with Gasteiger partial charge in [0, 0.05) is 23.9 Å². The molecule has 1 saturated heterocycles. The molecule has 4 rings (SSSR count). The minimum atomic E-state index is -0.286. The summed E-state index contributed by atoms with van der Waals surface area (Å²) in [6.07, 6.45) is 2.97. The van der Waals surface area contributed by atoms with E-state index in [1.807, 2.05) is 31.2 Å². The lowest BCUT2D eigenvalue weighted by atomic mass is 9.92. The van der Waals surface area contributed by atoms with Crippen molar-refractivity contribution >= 4 is 16.6 Å². The van der Waals surface area contributed by atoms with Gasteiger partial charge in [-0.25, -0.2) is 4.39 Å². The Morgan fingerprint density at radius 2 is 1.97 bits per heavy atom. The van der Waals surface area contributed by atoms with Gasteiger partial charge in [-0.05, 0) is 81.2 Å². The highest BCUT2D eigenvalue weighted by molar-refractivity contribution is 5.98. The van der Waals surface area contributed by atoms with Crippen molar-refractivity contribution in [2.45, 2.75) is 32.1 Å². The topological polar surface area (TPSA) is 69.3 Å². The van der Waals surface area contributed by atoms with Crippen molar-refractivity contribution in [3.8, 4) is 5.75 Å². The Morgan fingerprint density at radius 3 is 2.73 bits per heavy atom. The lowest BCUT2D eigenvalue weighted by molar-refractivity contribution is 0.0106. The van der Waals surface area contributed by atoms with E-state index in [0.717, 1.165) is 67.1 Å². The molecule has 33 heavy (non-hydrogen) atoms. The largest absolute Gasteiger partial charge is 0.468 e. The van der Waals surface area contributed by atoms with Crippen molar-refractivity contribution in [2.24, 2.45) is 5.16 Å². The van der Waals surface area contributed by atoms with Crippen molar-refractivity contribution < 1.29 is 23.2 Å². The second kappa shape index (κ2) is 11.2. The van der Waals surface area contributed by atoms with Crippen LogP contribution in [0.5, 0.6) is 5.75 Å². The number of benzene rings is 2. The van der Waals surface area contributed by atoms with Gasteiger partial charge in [0.1, 0.15) is 30.0 Å². The highest BCUT2D eigenvalue weighted by Gasteiger charge is 2.25. The molecule has 0 atom stereocenters. The minimum absolute atomic E-state index is 0.228. The van der Waals surface area contributed by atoms with Gasteiger partial charge < -0.3 is 23.7 Å². The first-order valence-corrected chi connectivity index (χ1v) is 11.3. The fourth-order valence-electron chi connectivity index (χ4n) is 4.19. The van der Waals surface area contributed by atoms with Gasteiger partial charge in [0.15, 0.2) is 6.79 Å². The zero-order chi connectivity index (χ0) is 23.0. The number of nitrogens with zero attached hydrogens (tertiary/aromatic N) is 3. The summed E-state index contributed by atoms with van der Waals surface area (Å²) in [5.74, 6) is 1.69. The summed E-state index contributed by atoms with van der Waals surface area (Å²) in [6.45, 7) is 5.76. The van der Waals surface area contributed by atoms with E-state index in [4.69, 9.17) is 18.8 Å². The number of fused-ring (bicyclic) bond motifs is 1. The Labute approximate surface area is 193 Å². The minimum Gasteiger partial charge on any atom is -0.468 e. The van der Waals surface area contributed by atoms with Gasteiger partial charge in [0.05, 0.1) is 12.3 Å². The number of oxime groups is 1. The predicted molar refractivity (Wildman–Crippen MR) is 124 cm³/mol. The highest BCUT2D eigenvalue weighted by Crippen LogP contribution is 2.33. The fourth-order valence-corrected chi connectivity index (χ4v) is 4.19. The van der Waals surface area contributed by atoms with Gasteiger partial charge >= 0.3 is 0 Å². The molecule has 0 saturated carbocycles. The number of piperidine rings is 1. The van der Waals surface area contributed by atoms with E-state index in [1.165, 1.54) is 19.2 Å². The van der Waals surface area contributed by atoms with Crippen molar-refractivity contribution in [3.05, 3.63) is 59.6 Å². The van der Waals surface area contributed by atoms with Crippen LogP contribution < -0.4 is 4.74 Å². The van der Waals surface area contributed by atoms with E-state index in [2.05, 4.69) is 15.2 Å². The summed E-state index contributed by atoms with van der Waals surface area (Å²) in [6, 6.07) is 12.3. The van der Waals surface area contributed by atoms with Crippen LogP contribution in [0.15, 0.2) is 52.1 Å². The number of hydrogen-bond acceptors (Lipinski definition) is 7. The summed E-state index contributed by atoms with van der Waals surface area (Å²) in [7, 11) is 1.53. The quantitative estimate of drug-likeness (QED) is 0.186. The number of rotatable bonds is 10. The van der Waals surface area contributed by atoms with Crippen LogP contribution in [-0.4, -0.2) is 55.9 Å². The van der Waals surface area contributed by atoms with Gasteiger partial charge in [-0.15, -0.1) is 0 Å². The van der Waals surface area contributed by atoms with Crippen molar-refractivity contribution in [3.63, 3.8) is 0 Å². The van der Waals surface area contributed by atoms with Crippen molar-refractivity contribution in [2.75, 3.05) is 40.1 Å². The van der Waals surface area contributed by atoms with Crippen LogP contribution >= 0.6 is 0 Å². The summed E-state index contributed by atoms with van der Waals surface area (Å²) < 4.78 is 30.2. The molecule has 0 amide bonds. The van der Waals surface area contributed by atoms with Crippen LogP contribution in [0.25, 0.3) is 10.9 Å². The molecule has 2 aromatic carbocycles. The van der Waals surface area contributed by atoms with Gasteiger partial charge in [0.2, 0.25) is 0 Å². The smallest absolute Gasteiger partial charge is 0.189 e. The zero-order valence-electron chi connectivity index (χ0n) is 19.1. The third-order valence-electron chi connectivity index (χ3n) is 6.00. The summed E-state index contributed by atoms with van der Waals surface area (Å²) in [5.41, 5.74) is 2.39. The van der Waals surface area contributed by atoms with Crippen molar-refractivity contribution in [1.82, 2.24) is 10.1 Å². The first-order valence-electron chi connectivity index (χ1n) is 11.3. The number of hydrogen-bond donors (Lipinski definition) is 0. The van der Waals surface area contributed by atoms with E-state index in [1.54, 1.807) is 6.07 Å². The van der Waals surface area contributed by atoms with E-state index in [-0.39, 0.29) is 12.6 Å². The van der Waals surface area contributed by atoms with Crippen LogP contribution in [0.3, 0.4) is 0 Å². The molecule has 0 unspecified atom stereocenters. The Balaban J connectivity index is 1.12. The zero-order valence-corrected chi connectivity index (χ0v) is 19.1. The first kappa shape index (κ1) is 23.2. The fraction of sp³-hybridized carbons (Fsp3) is 0.440. The van der Waals surface area contributed by atoms with Gasteiger partial charge in [-0.3, -0.25) is 0 Å². The molecular weight excluding hydrogens is 425 g/mol. The van der Waals surface area contributed by atoms with Crippen LogP contribution in [0.1, 0.15) is 43.4 Å². The Bertz CT molecular complexity index is 1060. The summed E-state index contributed by atoms with van der Waals surface area (Å²) in [5, 5.41) is 8.87. The SMILES string of the molecule is CON=C(C)c1ccc(OCOCCCN2CCC(c3onc4cc(F)ccc34)CC2)cc1. The normalized spacial score (nSPS) is 15.8. The maximum Gasteiger partial charge on any atom is 0.189 e. The second-order valence-corrected chi connectivity index (χ2v) is 8.23. The van der Waals surface area contributed by atoms with Crippen LogP contribution in [0.4, 0.5) is 4.39 Å². The van der Waals surface area contributed by atoms with E-state index >= 15 is 0 Å². The molecular formula is C25H30FN3O4. The molecule has 1 aromatic heterocycles. The Hall–Kier alpha value is -2.97.